The zero-order chi connectivity index (χ0) is 17.8. The summed E-state index contributed by atoms with van der Waals surface area (Å²) in [5.41, 5.74) is 3.16. The van der Waals surface area contributed by atoms with Crippen molar-refractivity contribution in [2.75, 3.05) is 6.54 Å². The number of benzene rings is 2. The van der Waals surface area contributed by atoms with E-state index in [4.69, 9.17) is 4.74 Å². The molecular weight excluding hydrogens is 314 g/mol. The van der Waals surface area contributed by atoms with E-state index in [9.17, 15) is 4.79 Å². The summed E-state index contributed by atoms with van der Waals surface area (Å²) in [5, 5.41) is 2.93. The number of carbonyl (C=O) groups is 1. The monoisotopic (exact) mass is 337 g/mol. The van der Waals surface area contributed by atoms with Crippen molar-refractivity contribution in [2.24, 2.45) is 0 Å². The third-order valence-electron chi connectivity index (χ3n) is 4.15. The van der Waals surface area contributed by atoms with Crippen LogP contribution in [0.2, 0.25) is 0 Å². The second-order valence-corrected chi connectivity index (χ2v) is 6.17. The highest BCUT2D eigenvalue weighted by Gasteiger charge is 2.14. The van der Waals surface area contributed by atoms with Crippen LogP contribution in [0.4, 0.5) is 0 Å². The van der Waals surface area contributed by atoms with Gasteiger partial charge in [0.25, 0.3) is 5.91 Å². The van der Waals surface area contributed by atoms with E-state index >= 15 is 0 Å². The lowest BCUT2D eigenvalue weighted by atomic mass is 10.2. The molecule has 1 atom stereocenters. The van der Waals surface area contributed by atoms with Crippen molar-refractivity contribution in [2.45, 2.75) is 33.4 Å². The molecule has 0 radical (unpaired) electrons. The van der Waals surface area contributed by atoms with Crippen molar-refractivity contribution >= 4 is 16.9 Å². The fraction of sp³-hybridized carbons (Fsp3) is 0.300. The molecule has 0 bridgehead atoms. The smallest absolute Gasteiger partial charge is 0.260 e. The molecule has 3 rings (SSSR count). The summed E-state index contributed by atoms with van der Waals surface area (Å²) in [5.74, 6) is 1.53. The molecule has 25 heavy (non-hydrogen) atoms. The van der Waals surface area contributed by atoms with E-state index in [-0.39, 0.29) is 5.91 Å². The molecule has 5 nitrogen and oxygen atoms in total. The summed E-state index contributed by atoms with van der Waals surface area (Å²) in [7, 11) is 0. The Morgan fingerprint density at radius 1 is 1.20 bits per heavy atom. The van der Waals surface area contributed by atoms with Gasteiger partial charge in [0.15, 0.2) is 6.10 Å². The molecule has 0 spiro atoms. The summed E-state index contributed by atoms with van der Waals surface area (Å²) < 4.78 is 7.82. The maximum atomic E-state index is 12.2. The number of carbonyl (C=O) groups excluding carboxylic acids is 1. The third kappa shape index (κ3) is 3.99. The van der Waals surface area contributed by atoms with Crippen LogP contribution in [0.15, 0.2) is 48.5 Å². The molecule has 1 unspecified atom stereocenters. The van der Waals surface area contributed by atoms with Gasteiger partial charge < -0.3 is 14.6 Å². The Hall–Kier alpha value is -2.82. The van der Waals surface area contributed by atoms with E-state index in [0.29, 0.717) is 18.8 Å². The molecule has 1 aromatic heterocycles. The zero-order valence-electron chi connectivity index (χ0n) is 14.8. The van der Waals surface area contributed by atoms with E-state index in [1.807, 2.05) is 62.4 Å². The first-order chi connectivity index (χ1) is 12.0. The molecule has 2 aromatic carbocycles. The zero-order valence-corrected chi connectivity index (χ0v) is 14.8. The number of para-hydroxylation sites is 2. The second kappa shape index (κ2) is 7.38. The van der Waals surface area contributed by atoms with E-state index in [2.05, 4.69) is 14.9 Å². The van der Waals surface area contributed by atoms with Gasteiger partial charge in [-0.05, 0) is 50.6 Å². The number of aryl methyl sites for hydroxylation is 2. The number of ether oxygens (including phenoxy) is 1. The number of aromatic nitrogens is 2. The highest BCUT2D eigenvalue weighted by molar-refractivity contribution is 5.80. The van der Waals surface area contributed by atoms with E-state index in [1.54, 1.807) is 6.92 Å². The molecule has 0 fully saturated rings. The first-order valence-corrected chi connectivity index (χ1v) is 8.47. The number of nitrogens with one attached hydrogen (secondary N) is 1. The average Bonchev–Trinajstić information content (AvgIpc) is 2.90. The maximum absolute atomic E-state index is 12.2. The summed E-state index contributed by atoms with van der Waals surface area (Å²) in [6.07, 6.45) is -0.539. The number of fused-ring (bicyclic) bond motifs is 1. The molecule has 5 heteroatoms. The Morgan fingerprint density at radius 3 is 2.80 bits per heavy atom. The van der Waals surface area contributed by atoms with Crippen LogP contribution in [0, 0.1) is 13.8 Å². The van der Waals surface area contributed by atoms with E-state index < -0.39 is 6.10 Å². The lowest BCUT2D eigenvalue weighted by molar-refractivity contribution is -0.127. The van der Waals surface area contributed by atoms with Crippen LogP contribution in [0.5, 0.6) is 5.75 Å². The Bertz CT molecular complexity index is 886. The SMILES string of the molecule is Cc1cccc(OC(C)C(=O)NCCn2c(C)nc3ccccc32)c1. The number of hydrogen-bond donors (Lipinski definition) is 1. The highest BCUT2D eigenvalue weighted by Crippen LogP contribution is 2.15. The molecule has 130 valence electrons. The minimum Gasteiger partial charge on any atom is -0.481 e. The van der Waals surface area contributed by atoms with Gasteiger partial charge in [0.2, 0.25) is 0 Å². The third-order valence-corrected chi connectivity index (χ3v) is 4.15. The predicted molar refractivity (Wildman–Crippen MR) is 98.7 cm³/mol. The van der Waals surface area contributed by atoms with Crippen LogP contribution in [0.25, 0.3) is 11.0 Å². The minimum atomic E-state index is -0.539. The van der Waals surface area contributed by atoms with Crippen molar-refractivity contribution in [3.8, 4) is 5.75 Å². The fourth-order valence-electron chi connectivity index (χ4n) is 2.86. The summed E-state index contributed by atoms with van der Waals surface area (Å²) in [6, 6.07) is 15.7. The maximum Gasteiger partial charge on any atom is 0.260 e. The number of hydrogen-bond acceptors (Lipinski definition) is 3. The van der Waals surface area contributed by atoms with Crippen molar-refractivity contribution in [1.29, 1.82) is 0 Å². The molecule has 0 saturated heterocycles. The number of nitrogens with zero attached hydrogens (tertiary/aromatic N) is 2. The van der Waals surface area contributed by atoms with E-state index in [0.717, 1.165) is 22.4 Å². The van der Waals surface area contributed by atoms with Crippen molar-refractivity contribution < 1.29 is 9.53 Å². The molecule has 0 aliphatic carbocycles. The van der Waals surface area contributed by atoms with Gasteiger partial charge in [-0.15, -0.1) is 0 Å². The van der Waals surface area contributed by atoms with Gasteiger partial charge in [0.1, 0.15) is 11.6 Å². The molecule has 1 heterocycles. The Balaban J connectivity index is 1.56. The standard InChI is InChI=1S/C20H23N3O2/c1-14-7-6-8-17(13-14)25-15(2)20(24)21-11-12-23-16(3)22-18-9-4-5-10-19(18)23/h4-10,13,15H,11-12H2,1-3H3,(H,21,24). The van der Waals surface area contributed by atoms with Gasteiger partial charge in [-0.3, -0.25) is 4.79 Å². The van der Waals surface area contributed by atoms with Gasteiger partial charge >= 0.3 is 0 Å². The first kappa shape index (κ1) is 17.0. The average molecular weight is 337 g/mol. The van der Waals surface area contributed by atoms with Crippen LogP contribution in [0.3, 0.4) is 0 Å². The van der Waals surface area contributed by atoms with Gasteiger partial charge in [0, 0.05) is 13.1 Å². The quantitative estimate of drug-likeness (QED) is 0.751. The molecular formula is C20H23N3O2. The Morgan fingerprint density at radius 2 is 2.00 bits per heavy atom. The van der Waals surface area contributed by atoms with Crippen molar-refractivity contribution in [3.63, 3.8) is 0 Å². The fourth-order valence-corrected chi connectivity index (χ4v) is 2.86. The number of amides is 1. The predicted octanol–water partition coefficient (Wildman–Crippen LogP) is 3.24. The van der Waals surface area contributed by atoms with Crippen LogP contribution >= 0.6 is 0 Å². The van der Waals surface area contributed by atoms with Crippen LogP contribution < -0.4 is 10.1 Å². The number of imidazole rings is 1. The highest BCUT2D eigenvalue weighted by atomic mass is 16.5. The summed E-state index contributed by atoms with van der Waals surface area (Å²) in [6.45, 7) is 6.94. The molecule has 1 amide bonds. The van der Waals surface area contributed by atoms with Gasteiger partial charge in [0.05, 0.1) is 11.0 Å². The second-order valence-electron chi connectivity index (χ2n) is 6.17. The lowest BCUT2D eigenvalue weighted by Gasteiger charge is -2.15. The van der Waals surface area contributed by atoms with Crippen LogP contribution in [-0.2, 0) is 11.3 Å². The number of rotatable bonds is 6. The molecule has 0 saturated carbocycles. The van der Waals surface area contributed by atoms with Gasteiger partial charge in [-0.1, -0.05) is 24.3 Å². The minimum absolute atomic E-state index is 0.122. The molecule has 0 aliphatic heterocycles. The van der Waals surface area contributed by atoms with Crippen molar-refractivity contribution in [1.82, 2.24) is 14.9 Å². The van der Waals surface area contributed by atoms with Gasteiger partial charge in [-0.2, -0.15) is 0 Å². The van der Waals surface area contributed by atoms with Crippen molar-refractivity contribution in [3.05, 3.63) is 59.9 Å². The van der Waals surface area contributed by atoms with Gasteiger partial charge in [-0.25, -0.2) is 4.98 Å². The topological polar surface area (TPSA) is 56.1 Å². The summed E-state index contributed by atoms with van der Waals surface area (Å²) >= 11 is 0. The van der Waals surface area contributed by atoms with Crippen LogP contribution in [0.1, 0.15) is 18.3 Å². The molecule has 3 aromatic rings. The lowest BCUT2D eigenvalue weighted by Crippen LogP contribution is -2.38. The van der Waals surface area contributed by atoms with Crippen LogP contribution in [-0.4, -0.2) is 28.1 Å². The Kier molecular flexibility index (Phi) is 5.03. The normalized spacial score (nSPS) is 12.1. The molecule has 0 aliphatic rings. The summed E-state index contributed by atoms with van der Waals surface area (Å²) in [4.78, 5) is 16.8. The van der Waals surface area contributed by atoms with E-state index in [1.165, 1.54) is 0 Å². The molecule has 1 N–H and O–H groups in total. The Labute approximate surface area is 147 Å². The first-order valence-electron chi connectivity index (χ1n) is 8.47. The largest absolute Gasteiger partial charge is 0.481 e.